The second kappa shape index (κ2) is 5.24. The van der Waals surface area contributed by atoms with E-state index in [9.17, 15) is 8.42 Å². The Hall–Kier alpha value is -1.14. The molecule has 18 heavy (non-hydrogen) atoms. The number of rotatable bonds is 4. The smallest absolute Gasteiger partial charge is 0.262 e. The Kier molecular flexibility index (Phi) is 4.34. The van der Waals surface area contributed by atoms with Gasteiger partial charge in [-0.25, -0.2) is 13.4 Å². The molecule has 102 valence electrons. The number of nitrogens with zero attached hydrogens (tertiary/aromatic N) is 2. The largest absolute Gasteiger partial charge is 0.386 e. The molecule has 0 spiro atoms. The van der Waals surface area contributed by atoms with E-state index in [1.54, 1.807) is 26.2 Å². The van der Waals surface area contributed by atoms with Crippen molar-refractivity contribution in [2.45, 2.75) is 25.8 Å². The van der Waals surface area contributed by atoms with Gasteiger partial charge in [0.15, 0.2) is 5.03 Å². The molecule has 0 aliphatic carbocycles. The summed E-state index contributed by atoms with van der Waals surface area (Å²) in [7, 11) is -0.297. The molecule has 1 rings (SSSR count). The highest BCUT2D eigenvalue weighted by Crippen LogP contribution is 2.23. The lowest BCUT2D eigenvalue weighted by molar-refractivity contribution is 0.310. The van der Waals surface area contributed by atoms with Gasteiger partial charge in [0.25, 0.3) is 10.0 Å². The molecule has 0 aromatic carbocycles. The summed E-state index contributed by atoms with van der Waals surface area (Å²) in [5.74, 6) is 0. The number of sulfonamides is 1. The van der Waals surface area contributed by atoms with Crippen molar-refractivity contribution in [3.8, 4) is 0 Å². The molecule has 0 saturated heterocycles. The van der Waals surface area contributed by atoms with E-state index in [2.05, 4.69) is 10.3 Å². The van der Waals surface area contributed by atoms with Crippen LogP contribution in [0.5, 0.6) is 0 Å². The minimum absolute atomic E-state index is 0.0688. The van der Waals surface area contributed by atoms with Gasteiger partial charge in [-0.3, -0.25) is 0 Å². The number of aromatic nitrogens is 1. The van der Waals surface area contributed by atoms with Gasteiger partial charge in [-0.1, -0.05) is 20.8 Å². The molecule has 0 amide bonds. The fourth-order valence-corrected chi connectivity index (χ4v) is 3.18. The summed E-state index contributed by atoms with van der Waals surface area (Å²) in [5, 5.41) is 2.92. The minimum atomic E-state index is -3.56. The van der Waals surface area contributed by atoms with Crippen LogP contribution in [0.25, 0.3) is 0 Å². The number of hydrogen-bond donors (Lipinski definition) is 1. The van der Waals surface area contributed by atoms with Gasteiger partial charge in [0.05, 0.1) is 5.69 Å². The van der Waals surface area contributed by atoms with E-state index in [1.165, 1.54) is 10.5 Å². The molecular formula is C12H21N3O2S. The molecule has 0 aliphatic rings. The molecule has 1 aromatic rings. The molecular weight excluding hydrogens is 250 g/mol. The van der Waals surface area contributed by atoms with Crippen LogP contribution in [0.2, 0.25) is 0 Å². The van der Waals surface area contributed by atoms with E-state index in [0.29, 0.717) is 12.2 Å². The summed E-state index contributed by atoms with van der Waals surface area (Å²) in [4.78, 5) is 3.98. The van der Waals surface area contributed by atoms with E-state index in [4.69, 9.17) is 0 Å². The van der Waals surface area contributed by atoms with Crippen molar-refractivity contribution >= 4 is 15.7 Å². The van der Waals surface area contributed by atoms with Gasteiger partial charge in [-0.05, 0) is 17.5 Å². The summed E-state index contributed by atoms with van der Waals surface area (Å²) >= 11 is 0. The predicted octanol–water partition coefficient (Wildman–Crippen LogP) is 1.79. The Morgan fingerprint density at radius 3 is 2.50 bits per heavy atom. The van der Waals surface area contributed by atoms with Gasteiger partial charge in [-0.2, -0.15) is 4.31 Å². The first-order chi connectivity index (χ1) is 8.18. The lowest BCUT2D eigenvalue weighted by Crippen LogP contribution is -2.35. The fraction of sp³-hybridized carbons (Fsp3) is 0.583. The van der Waals surface area contributed by atoms with Crippen LogP contribution in [-0.2, 0) is 10.0 Å². The van der Waals surface area contributed by atoms with Crippen molar-refractivity contribution in [2.75, 3.05) is 26.0 Å². The second-order valence-electron chi connectivity index (χ2n) is 5.43. The molecule has 0 fully saturated rings. The number of hydrogen-bond acceptors (Lipinski definition) is 4. The molecule has 0 radical (unpaired) electrons. The second-order valence-corrected chi connectivity index (χ2v) is 7.39. The van der Waals surface area contributed by atoms with Crippen LogP contribution in [-0.4, -0.2) is 38.3 Å². The van der Waals surface area contributed by atoms with Crippen molar-refractivity contribution in [1.29, 1.82) is 0 Å². The standard InChI is InChI=1S/C12H21N3O2S/c1-12(2,3)9-15(5)18(16,17)11-10(13-4)7-6-8-14-11/h6-8,13H,9H2,1-5H3. The van der Waals surface area contributed by atoms with Crippen molar-refractivity contribution in [3.63, 3.8) is 0 Å². The highest BCUT2D eigenvalue weighted by molar-refractivity contribution is 7.89. The van der Waals surface area contributed by atoms with E-state index in [-0.39, 0.29) is 10.4 Å². The number of nitrogens with one attached hydrogen (secondary N) is 1. The van der Waals surface area contributed by atoms with Crippen molar-refractivity contribution in [2.24, 2.45) is 5.41 Å². The molecule has 1 aromatic heterocycles. The quantitative estimate of drug-likeness (QED) is 0.907. The molecule has 6 heteroatoms. The van der Waals surface area contributed by atoms with Crippen LogP contribution in [0.4, 0.5) is 5.69 Å². The number of anilines is 1. The summed E-state index contributed by atoms with van der Waals surface area (Å²) in [5.41, 5.74) is 0.411. The zero-order valence-corrected chi connectivity index (χ0v) is 12.4. The Bertz CT molecular complexity index is 506. The summed E-state index contributed by atoms with van der Waals surface area (Å²) in [6.45, 7) is 6.43. The lowest BCUT2D eigenvalue weighted by atomic mass is 9.97. The monoisotopic (exact) mass is 271 g/mol. The van der Waals surface area contributed by atoms with Gasteiger partial charge in [0, 0.05) is 26.8 Å². The normalized spacial score (nSPS) is 12.8. The average Bonchev–Trinajstić information content (AvgIpc) is 2.26. The number of pyridine rings is 1. The van der Waals surface area contributed by atoms with E-state index in [1.807, 2.05) is 20.8 Å². The van der Waals surface area contributed by atoms with Crippen LogP contribution in [0.1, 0.15) is 20.8 Å². The highest BCUT2D eigenvalue weighted by Gasteiger charge is 2.28. The molecule has 0 bridgehead atoms. The van der Waals surface area contributed by atoms with Gasteiger partial charge in [0.2, 0.25) is 0 Å². The first-order valence-corrected chi connectivity index (χ1v) is 7.21. The van der Waals surface area contributed by atoms with E-state index < -0.39 is 10.0 Å². The average molecular weight is 271 g/mol. The Morgan fingerprint density at radius 1 is 1.39 bits per heavy atom. The topological polar surface area (TPSA) is 62.3 Å². The summed E-state index contributed by atoms with van der Waals surface area (Å²) in [6.07, 6.45) is 1.48. The van der Waals surface area contributed by atoms with E-state index in [0.717, 1.165) is 0 Å². The third-order valence-electron chi connectivity index (χ3n) is 2.39. The zero-order valence-electron chi connectivity index (χ0n) is 11.6. The third kappa shape index (κ3) is 3.43. The van der Waals surface area contributed by atoms with Crippen molar-refractivity contribution < 1.29 is 8.42 Å². The van der Waals surface area contributed by atoms with Crippen molar-refractivity contribution in [1.82, 2.24) is 9.29 Å². The molecule has 5 nitrogen and oxygen atoms in total. The van der Waals surface area contributed by atoms with Crippen LogP contribution >= 0.6 is 0 Å². The molecule has 0 unspecified atom stereocenters. The van der Waals surface area contributed by atoms with Gasteiger partial charge < -0.3 is 5.32 Å². The zero-order chi connectivity index (χ0) is 14.0. The molecule has 0 atom stereocenters. The SMILES string of the molecule is CNc1cccnc1S(=O)(=O)N(C)CC(C)(C)C. The summed E-state index contributed by atoms with van der Waals surface area (Å²) < 4.78 is 26.2. The first-order valence-electron chi connectivity index (χ1n) is 5.77. The Morgan fingerprint density at radius 2 is 2.00 bits per heavy atom. The maximum atomic E-state index is 12.4. The van der Waals surface area contributed by atoms with Crippen LogP contribution in [0.15, 0.2) is 23.4 Å². The molecule has 1 heterocycles. The third-order valence-corrected chi connectivity index (χ3v) is 4.16. The first kappa shape index (κ1) is 14.9. The van der Waals surface area contributed by atoms with Crippen LogP contribution in [0, 0.1) is 5.41 Å². The summed E-state index contributed by atoms with van der Waals surface area (Å²) in [6, 6.07) is 3.40. The van der Waals surface area contributed by atoms with E-state index >= 15 is 0 Å². The maximum Gasteiger partial charge on any atom is 0.262 e. The maximum absolute atomic E-state index is 12.4. The fourth-order valence-electron chi connectivity index (χ4n) is 1.69. The molecule has 0 saturated carbocycles. The van der Waals surface area contributed by atoms with Crippen molar-refractivity contribution in [3.05, 3.63) is 18.3 Å². The minimum Gasteiger partial charge on any atom is -0.386 e. The Labute approximate surface area is 109 Å². The molecule has 1 N–H and O–H groups in total. The Balaban J connectivity index is 3.14. The predicted molar refractivity (Wildman–Crippen MR) is 73.1 cm³/mol. The lowest BCUT2D eigenvalue weighted by Gasteiger charge is -2.26. The van der Waals surface area contributed by atoms with Gasteiger partial charge in [0.1, 0.15) is 0 Å². The van der Waals surface area contributed by atoms with Crippen LogP contribution < -0.4 is 5.32 Å². The highest BCUT2D eigenvalue weighted by atomic mass is 32.2. The van der Waals surface area contributed by atoms with Gasteiger partial charge in [-0.15, -0.1) is 0 Å². The van der Waals surface area contributed by atoms with Gasteiger partial charge >= 0.3 is 0 Å². The van der Waals surface area contributed by atoms with Crippen LogP contribution in [0.3, 0.4) is 0 Å². The molecule has 0 aliphatic heterocycles.